The zero-order valence-electron chi connectivity index (χ0n) is 8.08. The summed E-state index contributed by atoms with van der Waals surface area (Å²) in [7, 11) is -4.83. The Labute approximate surface area is 90.6 Å². The highest BCUT2D eigenvalue weighted by Gasteiger charge is 2.45. The Kier molecular flexibility index (Phi) is 4.41. The molecule has 0 aromatic rings. The molecular formula is C6H14NO8P. The third-order valence-corrected chi connectivity index (χ3v) is 2.65. The molecule has 0 spiro atoms. The van der Waals surface area contributed by atoms with Crippen molar-refractivity contribution in [1.29, 1.82) is 0 Å². The van der Waals surface area contributed by atoms with Crippen LogP contribution in [0, 0.1) is 0 Å². The van der Waals surface area contributed by atoms with Gasteiger partial charge in [-0.05, 0) is 0 Å². The monoisotopic (exact) mass is 259 g/mol. The zero-order chi connectivity index (χ0) is 12.5. The van der Waals surface area contributed by atoms with Gasteiger partial charge in [0.1, 0.15) is 18.3 Å². The van der Waals surface area contributed by atoms with Crippen molar-refractivity contribution in [2.45, 2.75) is 30.6 Å². The molecule has 1 saturated heterocycles. The Morgan fingerprint density at radius 2 is 1.88 bits per heavy atom. The zero-order valence-corrected chi connectivity index (χ0v) is 8.97. The molecule has 10 heteroatoms. The largest absolute Gasteiger partial charge is 0.471 e. The Morgan fingerprint density at radius 3 is 2.31 bits per heavy atom. The van der Waals surface area contributed by atoms with Gasteiger partial charge in [0.05, 0.1) is 12.6 Å². The maximum atomic E-state index is 10.6. The summed E-state index contributed by atoms with van der Waals surface area (Å²) in [6.07, 6.45) is -5.78. The molecule has 2 unspecified atom stereocenters. The minimum atomic E-state index is -4.83. The molecule has 9 nitrogen and oxygen atoms in total. The highest BCUT2D eigenvalue weighted by atomic mass is 31.2. The van der Waals surface area contributed by atoms with E-state index in [-0.39, 0.29) is 0 Å². The topological polar surface area (TPSA) is 163 Å². The summed E-state index contributed by atoms with van der Waals surface area (Å²) in [6.45, 7) is -0.647. The Bertz CT molecular complexity index is 280. The average Bonchev–Trinajstić information content (AvgIpc) is 2.17. The number of hydrogen-bond donors (Lipinski definition) is 6. The molecule has 1 heterocycles. The Balaban J connectivity index is 2.75. The molecule has 5 atom stereocenters. The van der Waals surface area contributed by atoms with Gasteiger partial charge in [0.2, 0.25) is 0 Å². The van der Waals surface area contributed by atoms with Crippen LogP contribution in [-0.4, -0.2) is 62.4 Å². The standard InChI is InChI=1S/C6H14NO8P/c7-3-5(10)4(9)2(1-8)14-6(3)15-16(11,12)13/h2-6,8-10H,1,7H2,(H2,11,12,13)/t2?,3-,4-,5?,6-/m0/s1. The normalized spacial score (nSPS) is 41.0. The summed E-state index contributed by atoms with van der Waals surface area (Å²) >= 11 is 0. The smallest absolute Gasteiger partial charge is 0.394 e. The number of ether oxygens (including phenoxy) is 1. The van der Waals surface area contributed by atoms with Crippen molar-refractivity contribution < 1.29 is 38.9 Å². The van der Waals surface area contributed by atoms with Crippen LogP contribution >= 0.6 is 7.82 Å². The van der Waals surface area contributed by atoms with E-state index in [4.69, 9.17) is 25.4 Å². The molecule has 0 radical (unpaired) electrons. The third-order valence-electron chi connectivity index (χ3n) is 2.17. The molecule has 0 saturated carbocycles. The second-order valence-electron chi connectivity index (χ2n) is 3.38. The van der Waals surface area contributed by atoms with Crippen LogP contribution in [0.3, 0.4) is 0 Å². The summed E-state index contributed by atoms with van der Waals surface area (Å²) in [6, 6.07) is -1.33. The van der Waals surface area contributed by atoms with Gasteiger partial charge in [-0.1, -0.05) is 0 Å². The van der Waals surface area contributed by atoms with Crippen LogP contribution in [0.25, 0.3) is 0 Å². The number of aliphatic hydroxyl groups is 3. The lowest BCUT2D eigenvalue weighted by atomic mass is 9.98. The maximum Gasteiger partial charge on any atom is 0.471 e. The number of rotatable bonds is 3. The van der Waals surface area contributed by atoms with Crippen molar-refractivity contribution in [3.8, 4) is 0 Å². The van der Waals surface area contributed by atoms with Crippen LogP contribution in [0.2, 0.25) is 0 Å². The number of phosphoric acid groups is 1. The average molecular weight is 259 g/mol. The van der Waals surface area contributed by atoms with Gasteiger partial charge in [0, 0.05) is 0 Å². The molecule has 96 valence electrons. The predicted molar refractivity (Wildman–Crippen MR) is 48.9 cm³/mol. The van der Waals surface area contributed by atoms with E-state index in [1.54, 1.807) is 0 Å². The van der Waals surface area contributed by atoms with Crippen molar-refractivity contribution in [3.05, 3.63) is 0 Å². The Morgan fingerprint density at radius 1 is 1.31 bits per heavy atom. The quantitative estimate of drug-likeness (QED) is 0.287. The van der Waals surface area contributed by atoms with Crippen LogP contribution in [0.1, 0.15) is 0 Å². The van der Waals surface area contributed by atoms with E-state index in [1.807, 2.05) is 0 Å². The van der Waals surface area contributed by atoms with Crippen LogP contribution in [0.5, 0.6) is 0 Å². The summed E-state index contributed by atoms with van der Waals surface area (Å²) in [5, 5.41) is 27.6. The van der Waals surface area contributed by atoms with Crippen molar-refractivity contribution in [1.82, 2.24) is 0 Å². The molecule has 0 aromatic carbocycles. The Hall–Kier alpha value is -0.0900. The van der Waals surface area contributed by atoms with Gasteiger partial charge in [0.25, 0.3) is 0 Å². The van der Waals surface area contributed by atoms with E-state index < -0.39 is 45.1 Å². The van der Waals surface area contributed by atoms with E-state index in [0.29, 0.717) is 0 Å². The first-order valence-electron chi connectivity index (χ1n) is 4.38. The lowest BCUT2D eigenvalue weighted by Crippen LogP contribution is -2.62. The SMILES string of the molecule is N[C@H]1C(O)[C@@H](O)C(CO)O[C@H]1OP(=O)(O)O. The summed E-state index contributed by atoms with van der Waals surface area (Å²) in [5.41, 5.74) is 5.35. The van der Waals surface area contributed by atoms with E-state index in [0.717, 1.165) is 0 Å². The fourth-order valence-corrected chi connectivity index (χ4v) is 1.79. The van der Waals surface area contributed by atoms with Gasteiger partial charge in [-0.15, -0.1) is 0 Å². The lowest BCUT2D eigenvalue weighted by Gasteiger charge is -2.40. The fraction of sp³-hybridized carbons (Fsp3) is 1.00. The summed E-state index contributed by atoms with van der Waals surface area (Å²) < 4.78 is 19.5. The maximum absolute atomic E-state index is 10.6. The summed E-state index contributed by atoms with van der Waals surface area (Å²) in [5.74, 6) is 0. The minimum absolute atomic E-state index is 0.647. The van der Waals surface area contributed by atoms with Crippen molar-refractivity contribution >= 4 is 7.82 Å². The van der Waals surface area contributed by atoms with Crippen LogP contribution in [0.15, 0.2) is 0 Å². The second-order valence-corrected chi connectivity index (χ2v) is 4.57. The third kappa shape index (κ3) is 3.20. The molecule has 0 amide bonds. The first kappa shape index (κ1) is 14.0. The van der Waals surface area contributed by atoms with Gasteiger partial charge in [-0.3, -0.25) is 4.52 Å². The van der Waals surface area contributed by atoms with E-state index in [2.05, 4.69) is 4.52 Å². The number of hydrogen-bond acceptors (Lipinski definition) is 7. The number of nitrogens with two attached hydrogens (primary N) is 1. The van der Waals surface area contributed by atoms with E-state index in [1.165, 1.54) is 0 Å². The fourth-order valence-electron chi connectivity index (χ4n) is 1.33. The van der Waals surface area contributed by atoms with Gasteiger partial charge >= 0.3 is 7.82 Å². The van der Waals surface area contributed by atoms with Gasteiger partial charge < -0.3 is 35.6 Å². The van der Waals surface area contributed by atoms with E-state index in [9.17, 15) is 14.8 Å². The summed E-state index contributed by atoms with van der Waals surface area (Å²) in [4.78, 5) is 17.1. The molecule has 16 heavy (non-hydrogen) atoms. The van der Waals surface area contributed by atoms with Crippen molar-refractivity contribution in [3.63, 3.8) is 0 Å². The number of aliphatic hydroxyl groups excluding tert-OH is 3. The molecule has 1 fully saturated rings. The molecule has 1 rings (SSSR count). The van der Waals surface area contributed by atoms with Gasteiger partial charge in [-0.25, -0.2) is 4.57 Å². The van der Waals surface area contributed by atoms with E-state index >= 15 is 0 Å². The predicted octanol–water partition coefficient (Wildman–Crippen LogP) is -3.14. The lowest BCUT2D eigenvalue weighted by molar-refractivity contribution is -0.242. The first-order valence-corrected chi connectivity index (χ1v) is 5.91. The minimum Gasteiger partial charge on any atom is -0.394 e. The number of phosphoric ester groups is 1. The molecule has 0 bridgehead atoms. The second kappa shape index (κ2) is 5.05. The first-order chi connectivity index (χ1) is 7.26. The molecule has 0 aromatic heterocycles. The van der Waals surface area contributed by atoms with Gasteiger partial charge in [0.15, 0.2) is 6.29 Å². The van der Waals surface area contributed by atoms with Crippen LogP contribution in [0.4, 0.5) is 0 Å². The molecule has 1 aliphatic heterocycles. The molecular weight excluding hydrogens is 245 g/mol. The van der Waals surface area contributed by atoms with Gasteiger partial charge in [-0.2, -0.15) is 0 Å². The van der Waals surface area contributed by atoms with Crippen molar-refractivity contribution in [2.24, 2.45) is 5.73 Å². The molecule has 0 aliphatic carbocycles. The molecule has 7 N–H and O–H groups in total. The van der Waals surface area contributed by atoms with Crippen LogP contribution < -0.4 is 5.73 Å². The van der Waals surface area contributed by atoms with Crippen LogP contribution in [-0.2, 0) is 13.8 Å². The highest BCUT2D eigenvalue weighted by molar-refractivity contribution is 7.46. The van der Waals surface area contributed by atoms with Crippen molar-refractivity contribution in [2.75, 3.05) is 6.61 Å². The molecule has 1 aliphatic rings. The highest BCUT2D eigenvalue weighted by Crippen LogP contribution is 2.40.